The molecule has 1 heterocycles. The van der Waals surface area contributed by atoms with Gasteiger partial charge < -0.3 is 10.1 Å². The number of nitro benzene ring substituents is 1. The molecule has 8 nitrogen and oxygen atoms in total. The van der Waals surface area contributed by atoms with Crippen molar-refractivity contribution < 1.29 is 14.5 Å². The molecule has 0 unspecified atom stereocenters. The Labute approximate surface area is 142 Å². The summed E-state index contributed by atoms with van der Waals surface area (Å²) in [5.41, 5.74) is 0.927. The Bertz CT molecular complexity index is 754. The summed E-state index contributed by atoms with van der Waals surface area (Å²) in [5.74, 6) is -0.189. The Kier molecular flexibility index (Phi) is 6.07. The number of benzene rings is 1. The fourth-order valence-electron chi connectivity index (χ4n) is 1.92. The lowest BCUT2D eigenvalue weighted by Crippen LogP contribution is -2.12. The van der Waals surface area contributed by atoms with E-state index >= 15 is 0 Å². The van der Waals surface area contributed by atoms with Crippen molar-refractivity contribution >= 4 is 29.2 Å². The average molecular weight is 348 g/mol. The summed E-state index contributed by atoms with van der Waals surface area (Å²) in [4.78, 5) is 30.7. The molecule has 0 radical (unpaired) electrons. The van der Waals surface area contributed by atoms with Crippen LogP contribution in [0.25, 0.3) is 0 Å². The second kappa shape index (κ2) is 8.25. The maximum atomic E-state index is 12.0. The molecular weight excluding hydrogens is 332 g/mol. The lowest BCUT2D eigenvalue weighted by atomic mass is 10.2. The number of thioether (sulfide) groups is 1. The van der Waals surface area contributed by atoms with Gasteiger partial charge in [0.15, 0.2) is 5.16 Å². The Morgan fingerprint density at radius 1 is 1.46 bits per heavy atom. The SMILES string of the molecule is CCOC(=O)c1cnc(SC)nc1NCc1cccc([N+](=O)[O-])c1. The number of non-ortho nitro benzene ring substituents is 1. The first-order valence-electron chi connectivity index (χ1n) is 7.10. The van der Waals surface area contributed by atoms with Gasteiger partial charge in [-0.25, -0.2) is 14.8 Å². The summed E-state index contributed by atoms with van der Waals surface area (Å²) in [7, 11) is 0. The van der Waals surface area contributed by atoms with Gasteiger partial charge in [0.2, 0.25) is 0 Å². The molecule has 9 heteroatoms. The number of anilines is 1. The molecule has 24 heavy (non-hydrogen) atoms. The van der Waals surface area contributed by atoms with Gasteiger partial charge in [0.05, 0.1) is 11.5 Å². The third kappa shape index (κ3) is 4.42. The summed E-state index contributed by atoms with van der Waals surface area (Å²) in [6.45, 7) is 2.23. The molecule has 1 aromatic heterocycles. The van der Waals surface area contributed by atoms with Crippen molar-refractivity contribution in [3.63, 3.8) is 0 Å². The highest BCUT2D eigenvalue weighted by Crippen LogP contribution is 2.19. The van der Waals surface area contributed by atoms with Crippen molar-refractivity contribution in [2.24, 2.45) is 0 Å². The topological polar surface area (TPSA) is 107 Å². The lowest BCUT2D eigenvalue weighted by Gasteiger charge is -2.11. The van der Waals surface area contributed by atoms with E-state index in [0.717, 1.165) is 0 Å². The van der Waals surface area contributed by atoms with Gasteiger partial charge in [0.25, 0.3) is 5.69 Å². The van der Waals surface area contributed by atoms with E-state index in [0.29, 0.717) is 16.5 Å². The standard InChI is InChI=1S/C15H16N4O4S/c1-3-23-14(20)12-9-17-15(24-2)18-13(12)16-8-10-5-4-6-11(7-10)19(21)22/h4-7,9H,3,8H2,1-2H3,(H,16,17,18). The van der Waals surface area contributed by atoms with Crippen molar-refractivity contribution in [3.8, 4) is 0 Å². The van der Waals surface area contributed by atoms with Crippen LogP contribution in [0.1, 0.15) is 22.8 Å². The first-order chi connectivity index (χ1) is 11.5. The van der Waals surface area contributed by atoms with Gasteiger partial charge in [-0.05, 0) is 18.7 Å². The van der Waals surface area contributed by atoms with Gasteiger partial charge >= 0.3 is 5.97 Å². The summed E-state index contributed by atoms with van der Waals surface area (Å²) in [5, 5.41) is 14.4. The molecule has 0 saturated carbocycles. The van der Waals surface area contributed by atoms with Crippen LogP contribution in [0, 0.1) is 10.1 Å². The number of hydrogen-bond acceptors (Lipinski definition) is 8. The molecule has 0 aliphatic heterocycles. The van der Waals surface area contributed by atoms with Crippen molar-refractivity contribution in [3.05, 3.63) is 51.7 Å². The van der Waals surface area contributed by atoms with E-state index in [1.165, 1.54) is 30.1 Å². The number of carbonyl (C=O) groups is 1. The number of esters is 1. The van der Waals surface area contributed by atoms with E-state index in [1.807, 2.05) is 6.26 Å². The minimum atomic E-state index is -0.522. The molecule has 126 valence electrons. The van der Waals surface area contributed by atoms with Gasteiger partial charge in [0.1, 0.15) is 11.4 Å². The zero-order valence-corrected chi connectivity index (χ0v) is 14.0. The van der Waals surface area contributed by atoms with E-state index in [-0.39, 0.29) is 24.4 Å². The van der Waals surface area contributed by atoms with E-state index in [9.17, 15) is 14.9 Å². The summed E-state index contributed by atoms with van der Waals surface area (Å²) in [6.07, 6.45) is 3.23. The predicted molar refractivity (Wildman–Crippen MR) is 90.2 cm³/mol. The monoisotopic (exact) mass is 348 g/mol. The number of hydrogen-bond donors (Lipinski definition) is 1. The third-order valence-corrected chi connectivity index (χ3v) is 3.59. The Morgan fingerprint density at radius 2 is 2.25 bits per heavy atom. The van der Waals surface area contributed by atoms with Crippen LogP contribution in [0.3, 0.4) is 0 Å². The van der Waals surface area contributed by atoms with E-state index in [4.69, 9.17) is 4.74 Å². The fourth-order valence-corrected chi connectivity index (χ4v) is 2.26. The maximum absolute atomic E-state index is 12.0. The van der Waals surface area contributed by atoms with Crippen molar-refractivity contribution in [1.29, 1.82) is 0 Å². The lowest BCUT2D eigenvalue weighted by molar-refractivity contribution is -0.384. The molecule has 0 saturated heterocycles. The second-order valence-corrected chi connectivity index (χ2v) is 5.39. The molecule has 1 N–H and O–H groups in total. The van der Waals surface area contributed by atoms with E-state index < -0.39 is 10.9 Å². The highest BCUT2D eigenvalue weighted by atomic mass is 32.2. The Balaban J connectivity index is 2.22. The zero-order chi connectivity index (χ0) is 17.5. The van der Waals surface area contributed by atoms with Crippen LogP contribution in [0.5, 0.6) is 0 Å². The Morgan fingerprint density at radius 3 is 2.92 bits per heavy atom. The molecule has 1 aromatic carbocycles. The summed E-state index contributed by atoms with van der Waals surface area (Å²) < 4.78 is 4.99. The smallest absolute Gasteiger partial charge is 0.343 e. The summed E-state index contributed by atoms with van der Waals surface area (Å²) >= 11 is 1.34. The second-order valence-electron chi connectivity index (χ2n) is 4.62. The molecule has 2 rings (SSSR count). The molecule has 0 aliphatic carbocycles. The number of ether oxygens (including phenoxy) is 1. The predicted octanol–water partition coefficient (Wildman–Crippen LogP) is 2.90. The van der Waals surface area contributed by atoms with Crippen LogP contribution in [0.15, 0.2) is 35.6 Å². The van der Waals surface area contributed by atoms with Crippen LogP contribution in [0.4, 0.5) is 11.5 Å². The first-order valence-corrected chi connectivity index (χ1v) is 8.33. The molecule has 0 bridgehead atoms. The fraction of sp³-hybridized carbons (Fsp3) is 0.267. The number of nitrogens with one attached hydrogen (secondary N) is 1. The normalized spacial score (nSPS) is 10.2. The van der Waals surface area contributed by atoms with Crippen molar-refractivity contribution in [1.82, 2.24) is 9.97 Å². The van der Waals surface area contributed by atoms with Crippen LogP contribution in [-0.4, -0.2) is 33.7 Å². The Hall–Kier alpha value is -2.68. The van der Waals surface area contributed by atoms with Gasteiger partial charge in [-0.15, -0.1) is 0 Å². The van der Waals surface area contributed by atoms with E-state index in [2.05, 4.69) is 15.3 Å². The van der Waals surface area contributed by atoms with Crippen LogP contribution < -0.4 is 5.32 Å². The number of nitro groups is 1. The van der Waals surface area contributed by atoms with Crippen molar-refractivity contribution in [2.45, 2.75) is 18.6 Å². The third-order valence-electron chi connectivity index (χ3n) is 3.03. The van der Waals surface area contributed by atoms with E-state index in [1.54, 1.807) is 19.1 Å². The molecule has 0 aliphatic rings. The molecular formula is C15H16N4O4S. The summed E-state index contributed by atoms with van der Waals surface area (Å²) in [6, 6.07) is 6.24. The van der Waals surface area contributed by atoms with Crippen LogP contribution >= 0.6 is 11.8 Å². The minimum Gasteiger partial charge on any atom is -0.462 e. The van der Waals surface area contributed by atoms with Gasteiger partial charge in [0, 0.05) is 24.9 Å². The first kappa shape index (κ1) is 17.7. The average Bonchev–Trinajstić information content (AvgIpc) is 2.60. The molecule has 0 fully saturated rings. The number of carbonyl (C=O) groups excluding carboxylic acids is 1. The molecule has 0 amide bonds. The minimum absolute atomic E-state index is 0.00686. The van der Waals surface area contributed by atoms with Gasteiger partial charge in [-0.2, -0.15) is 0 Å². The highest BCUT2D eigenvalue weighted by molar-refractivity contribution is 7.98. The molecule has 2 aromatic rings. The zero-order valence-electron chi connectivity index (χ0n) is 13.2. The molecule has 0 atom stereocenters. The quantitative estimate of drug-likeness (QED) is 0.267. The largest absolute Gasteiger partial charge is 0.462 e. The van der Waals surface area contributed by atoms with Crippen LogP contribution in [0.2, 0.25) is 0 Å². The van der Waals surface area contributed by atoms with Crippen LogP contribution in [-0.2, 0) is 11.3 Å². The number of rotatable bonds is 7. The molecule has 0 spiro atoms. The van der Waals surface area contributed by atoms with Gasteiger partial charge in [-0.3, -0.25) is 10.1 Å². The maximum Gasteiger partial charge on any atom is 0.343 e. The van der Waals surface area contributed by atoms with Gasteiger partial charge in [-0.1, -0.05) is 23.9 Å². The van der Waals surface area contributed by atoms with Crippen molar-refractivity contribution in [2.75, 3.05) is 18.2 Å². The highest BCUT2D eigenvalue weighted by Gasteiger charge is 2.16. The number of aromatic nitrogens is 2. The number of nitrogens with zero attached hydrogens (tertiary/aromatic N) is 3.